The third kappa shape index (κ3) is 3.35. The van der Waals surface area contributed by atoms with Gasteiger partial charge >= 0.3 is 0 Å². The Balaban J connectivity index is 0.00000256. The SMILES string of the molecule is Cl.[2H]c1c([2H])c(C(=O)C(C)N)c([2H])c([2H])c1Cl. The molecule has 0 aliphatic carbocycles. The van der Waals surface area contributed by atoms with Crippen LogP contribution >= 0.6 is 24.0 Å². The van der Waals surface area contributed by atoms with E-state index in [1.54, 1.807) is 0 Å². The minimum absolute atomic E-state index is 0. The summed E-state index contributed by atoms with van der Waals surface area (Å²) in [5.74, 6) is -0.631. The molecule has 0 heterocycles. The summed E-state index contributed by atoms with van der Waals surface area (Å²) in [6.07, 6.45) is 0. The van der Waals surface area contributed by atoms with E-state index in [2.05, 4.69) is 0 Å². The van der Waals surface area contributed by atoms with E-state index >= 15 is 0 Å². The topological polar surface area (TPSA) is 43.1 Å². The number of hydrogen-bond acceptors (Lipinski definition) is 2. The molecule has 13 heavy (non-hydrogen) atoms. The second-order valence-electron chi connectivity index (χ2n) is 2.34. The van der Waals surface area contributed by atoms with E-state index in [1.807, 2.05) is 0 Å². The van der Waals surface area contributed by atoms with E-state index in [-0.39, 0.29) is 23.0 Å². The number of ketones is 1. The number of carbonyl (C=O) groups is 1. The van der Waals surface area contributed by atoms with Crippen molar-refractivity contribution in [3.8, 4) is 0 Å². The molecule has 0 spiro atoms. The van der Waals surface area contributed by atoms with Crippen molar-refractivity contribution >= 4 is 29.8 Å². The van der Waals surface area contributed by atoms with Gasteiger partial charge in [0.1, 0.15) is 0 Å². The van der Waals surface area contributed by atoms with Crippen molar-refractivity contribution in [3.63, 3.8) is 0 Å². The molecule has 0 saturated heterocycles. The van der Waals surface area contributed by atoms with Crippen LogP contribution in [0, 0.1) is 0 Å². The maximum atomic E-state index is 11.6. The first-order chi connectivity index (χ1) is 7.29. The predicted molar refractivity (Wildman–Crippen MR) is 56.7 cm³/mol. The van der Waals surface area contributed by atoms with Gasteiger partial charge in [0.05, 0.1) is 11.5 Å². The van der Waals surface area contributed by atoms with Crippen LogP contribution in [0.25, 0.3) is 0 Å². The highest BCUT2D eigenvalue weighted by molar-refractivity contribution is 6.30. The Kier molecular flexibility index (Phi) is 2.74. The Hall–Kier alpha value is -0.570. The first-order valence-corrected chi connectivity index (χ1v) is 3.72. The fraction of sp³-hybridized carbons (Fsp3) is 0.222. The van der Waals surface area contributed by atoms with Gasteiger partial charge in [0.25, 0.3) is 0 Å². The van der Waals surface area contributed by atoms with Crippen molar-refractivity contribution in [2.24, 2.45) is 5.73 Å². The van der Waals surface area contributed by atoms with Crippen LogP contribution in [0.4, 0.5) is 0 Å². The summed E-state index contributed by atoms with van der Waals surface area (Å²) in [6, 6.07) is -2.63. The molecule has 72 valence electrons. The van der Waals surface area contributed by atoms with Gasteiger partial charge in [-0.05, 0) is 31.1 Å². The Morgan fingerprint density at radius 2 is 2.00 bits per heavy atom. The van der Waals surface area contributed by atoms with Gasteiger partial charge in [-0.25, -0.2) is 0 Å². The maximum absolute atomic E-state index is 11.6. The Labute approximate surface area is 94.1 Å². The molecule has 0 saturated carbocycles. The maximum Gasteiger partial charge on any atom is 0.179 e. The summed E-state index contributed by atoms with van der Waals surface area (Å²) in [5.41, 5.74) is 5.06. The standard InChI is InChI=1S/C9H10ClNO.ClH/c1-6(11)9(12)7-2-4-8(10)5-3-7;/h2-6H,11H2,1H3;1H/i2D,3D,4D,5D;. The van der Waals surface area contributed by atoms with Gasteiger partial charge in [0.2, 0.25) is 0 Å². The lowest BCUT2D eigenvalue weighted by Gasteiger charge is -2.03. The molecular weight excluding hydrogens is 209 g/mol. The third-order valence-electron chi connectivity index (χ3n) is 1.25. The zero-order valence-corrected chi connectivity index (χ0v) is 8.42. The van der Waals surface area contributed by atoms with Crippen LogP contribution in [0.1, 0.15) is 22.8 Å². The quantitative estimate of drug-likeness (QED) is 0.783. The minimum atomic E-state index is -0.881. The van der Waals surface area contributed by atoms with E-state index in [4.69, 9.17) is 22.8 Å². The Bertz CT molecular complexity index is 436. The van der Waals surface area contributed by atoms with Crippen LogP contribution in [0.2, 0.25) is 5.02 Å². The number of nitrogens with two attached hydrogens (primary N) is 1. The van der Waals surface area contributed by atoms with Gasteiger partial charge < -0.3 is 5.73 Å². The zero-order valence-electron chi connectivity index (χ0n) is 10.8. The molecule has 1 aromatic rings. The van der Waals surface area contributed by atoms with Crippen LogP contribution in [-0.2, 0) is 0 Å². The van der Waals surface area contributed by atoms with Gasteiger partial charge in [-0.2, -0.15) is 0 Å². The van der Waals surface area contributed by atoms with Gasteiger partial charge in [-0.15, -0.1) is 12.4 Å². The first kappa shape index (κ1) is 6.82. The lowest BCUT2D eigenvalue weighted by atomic mass is 10.1. The number of Topliss-reactive ketones (excluding diaryl/α,β-unsaturated/α-hetero) is 1. The number of hydrogen-bond donors (Lipinski definition) is 1. The average molecular weight is 224 g/mol. The second-order valence-corrected chi connectivity index (χ2v) is 2.72. The van der Waals surface area contributed by atoms with Crippen molar-refractivity contribution in [1.29, 1.82) is 0 Å². The summed E-state index contributed by atoms with van der Waals surface area (Å²) >= 11 is 5.59. The zero-order chi connectivity index (χ0) is 12.6. The molecule has 0 fully saturated rings. The highest BCUT2D eigenvalue weighted by Crippen LogP contribution is 2.10. The number of halogens is 2. The summed E-state index contributed by atoms with van der Waals surface area (Å²) in [7, 11) is 0. The van der Waals surface area contributed by atoms with E-state index in [0.29, 0.717) is 0 Å². The molecule has 0 aromatic heterocycles. The largest absolute Gasteiger partial charge is 0.321 e. The molecule has 1 atom stereocenters. The highest BCUT2D eigenvalue weighted by atomic mass is 35.5. The van der Waals surface area contributed by atoms with Crippen molar-refractivity contribution in [2.75, 3.05) is 0 Å². The normalized spacial score (nSPS) is 15.9. The van der Waals surface area contributed by atoms with E-state index < -0.39 is 36.0 Å². The molecule has 2 nitrogen and oxygen atoms in total. The molecule has 1 unspecified atom stereocenters. The second kappa shape index (κ2) is 5.22. The van der Waals surface area contributed by atoms with Crippen LogP contribution < -0.4 is 5.73 Å². The smallest absolute Gasteiger partial charge is 0.179 e. The summed E-state index contributed by atoms with van der Waals surface area (Å²) in [6.45, 7) is 1.42. The van der Waals surface area contributed by atoms with Crippen molar-refractivity contribution in [3.05, 3.63) is 34.8 Å². The molecular formula is C9H11Cl2NO. The van der Waals surface area contributed by atoms with Gasteiger partial charge in [0, 0.05) is 10.6 Å². The van der Waals surface area contributed by atoms with Gasteiger partial charge in [-0.3, -0.25) is 4.79 Å². The average Bonchev–Trinajstić information content (AvgIpc) is 2.23. The van der Waals surface area contributed by atoms with Crippen LogP contribution in [-0.4, -0.2) is 11.8 Å². The van der Waals surface area contributed by atoms with Gasteiger partial charge in [0.15, 0.2) is 5.78 Å². The summed E-state index contributed by atoms with van der Waals surface area (Å²) in [4.78, 5) is 11.6. The van der Waals surface area contributed by atoms with Crippen molar-refractivity contribution in [1.82, 2.24) is 0 Å². The minimum Gasteiger partial charge on any atom is -0.321 e. The fourth-order valence-corrected chi connectivity index (χ4v) is 0.743. The molecule has 4 heteroatoms. The number of carbonyl (C=O) groups excluding carboxylic acids is 1. The molecule has 0 amide bonds. The molecule has 0 aliphatic heterocycles. The highest BCUT2D eigenvalue weighted by Gasteiger charge is 2.09. The monoisotopic (exact) mass is 223 g/mol. The van der Waals surface area contributed by atoms with Crippen LogP contribution in [0.15, 0.2) is 24.2 Å². The lowest BCUT2D eigenvalue weighted by molar-refractivity contribution is 0.0968. The molecule has 0 bridgehead atoms. The fourth-order valence-electron chi connectivity index (χ4n) is 0.648. The van der Waals surface area contributed by atoms with Crippen molar-refractivity contribution < 1.29 is 10.3 Å². The van der Waals surface area contributed by atoms with Crippen molar-refractivity contribution in [2.45, 2.75) is 13.0 Å². The first-order valence-electron chi connectivity index (χ1n) is 5.34. The molecule has 1 aromatic carbocycles. The predicted octanol–water partition coefficient (Wildman–Crippen LogP) is 2.29. The van der Waals surface area contributed by atoms with Crippen LogP contribution in [0.5, 0.6) is 0 Å². The molecule has 2 N–H and O–H groups in total. The summed E-state index contributed by atoms with van der Waals surface area (Å²) < 4.78 is 30.0. The van der Waals surface area contributed by atoms with E-state index in [1.165, 1.54) is 6.92 Å². The molecule has 1 rings (SSSR count). The Morgan fingerprint density at radius 3 is 2.38 bits per heavy atom. The Morgan fingerprint density at radius 1 is 1.54 bits per heavy atom. The van der Waals surface area contributed by atoms with E-state index in [0.717, 1.165) is 0 Å². The molecule has 0 radical (unpaired) electrons. The summed E-state index contributed by atoms with van der Waals surface area (Å²) in [5, 5.41) is -0.295. The number of rotatable bonds is 2. The number of benzene rings is 1. The van der Waals surface area contributed by atoms with Crippen LogP contribution in [0.3, 0.4) is 0 Å². The van der Waals surface area contributed by atoms with Gasteiger partial charge in [-0.1, -0.05) is 11.6 Å². The van der Waals surface area contributed by atoms with E-state index in [9.17, 15) is 4.79 Å². The lowest BCUT2D eigenvalue weighted by Crippen LogP contribution is -2.26. The third-order valence-corrected chi connectivity index (χ3v) is 1.44. The molecule has 0 aliphatic rings.